The van der Waals surface area contributed by atoms with Crippen LogP contribution in [0.4, 0.5) is 0 Å². The maximum atomic E-state index is 10.8. The third-order valence-corrected chi connectivity index (χ3v) is 2.47. The molecule has 0 aliphatic carbocycles. The molecule has 2 N–H and O–H groups in total. The summed E-state index contributed by atoms with van der Waals surface area (Å²) in [4.78, 5) is 14.8. The van der Waals surface area contributed by atoms with Gasteiger partial charge in [-0.1, -0.05) is 6.92 Å². The van der Waals surface area contributed by atoms with Crippen LogP contribution in [0.3, 0.4) is 0 Å². The Morgan fingerprint density at radius 1 is 1.62 bits per heavy atom. The molecule has 0 aromatic carbocycles. The summed E-state index contributed by atoms with van der Waals surface area (Å²) in [6, 6.07) is 1.75. The zero-order valence-electron chi connectivity index (χ0n) is 9.73. The van der Waals surface area contributed by atoms with Crippen molar-refractivity contribution >= 4 is 5.97 Å². The van der Waals surface area contributed by atoms with E-state index in [1.807, 2.05) is 13.0 Å². The van der Waals surface area contributed by atoms with Crippen LogP contribution in [-0.4, -0.2) is 22.6 Å². The van der Waals surface area contributed by atoms with Crippen molar-refractivity contribution in [3.8, 4) is 0 Å². The van der Waals surface area contributed by atoms with E-state index in [-0.39, 0.29) is 12.5 Å². The Balaban J connectivity index is 2.82. The van der Waals surface area contributed by atoms with E-state index < -0.39 is 5.97 Å². The molecule has 0 amide bonds. The first-order valence-corrected chi connectivity index (χ1v) is 5.50. The van der Waals surface area contributed by atoms with Gasteiger partial charge in [-0.25, -0.2) is 0 Å². The Morgan fingerprint density at radius 3 is 2.94 bits per heavy atom. The normalized spacial score (nSPS) is 12.4. The number of carboxylic acid groups (broad SMARTS) is 1. The number of aromatic nitrogens is 1. The number of aryl methyl sites for hydroxylation is 1. The molecule has 0 radical (unpaired) electrons. The molecule has 1 aromatic rings. The maximum absolute atomic E-state index is 10.8. The Hall–Kier alpha value is -1.42. The van der Waals surface area contributed by atoms with Gasteiger partial charge in [-0.3, -0.25) is 9.78 Å². The first-order valence-electron chi connectivity index (χ1n) is 5.50. The molecule has 1 aromatic heterocycles. The Morgan fingerprint density at radius 2 is 2.38 bits per heavy atom. The highest BCUT2D eigenvalue weighted by atomic mass is 16.4. The van der Waals surface area contributed by atoms with E-state index in [1.165, 1.54) is 0 Å². The Bertz CT molecular complexity index is 353. The summed E-state index contributed by atoms with van der Waals surface area (Å²) in [5, 5.41) is 12.1. The lowest BCUT2D eigenvalue weighted by Gasteiger charge is -2.18. The molecular weight excluding hydrogens is 204 g/mol. The van der Waals surface area contributed by atoms with Crippen molar-refractivity contribution in [3.05, 3.63) is 29.6 Å². The molecule has 88 valence electrons. The average Bonchev–Trinajstić information content (AvgIpc) is 2.24. The highest BCUT2D eigenvalue weighted by molar-refractivity contribution is 5.68. The van der Waals surface area contributed by atoms with Gasteiger partial charge in [0.2, 0.25) is 0 Å². The molecule has 0 aliphatic heterocycles. The minimum atomic E-state index is -0.795. The lowest BCUT2D eigenvalue weighted by Crippen LogP contribution is -2.25. The van der Waals surface area contributed by atoms with Crippen LogP contribution in [0.5, 0.6) is 0 Å². The fourth-order valence-electron chi connectivity index (χ4n) is 1.63. The van der Waals surface area contributed by atoms with Crippen molar-refractivity contribution in [2.24, 2.45) is 0 Å². The van der Waals surface area contributed by atoms with E-state index >= 15 is 0 Å². The first-order chi connectivity index (χ1) is 7.65. The smallest absolute Gasteiger partial charge is 0.305 e. The molecule has 4 nitrogen and oxygen atoms in total. The molecule has 0 spiro atoms. The standard InChI is InChI=1S/C12H18N2O2/c1-3-5-14-11(7-12(15)16)10-8-13-6-4-9(10)2/h4,6,8,11,14H,3,5,7H2,1-2H3,(H,15,16). The summed E-state index contributed by atoms with van der Waals surface area (Å²) >= 11 is 0. The molecular formula is C12H18N2O2. The van der Waals surface area contributed by atoms with Crippen molar-refractivity contribution in [2.75, 3.05) is 6.54 Å². The van der Waals surface area contributed by atoms with Crippen molar-refractivity contribution in [2.45, 2.75) is 32.7 Å². The molecule has 0 saturated carbocycles. The Labute approximate surface area is 95.7 Å². The molecule has 0 aliphatic rings. The first kappa shape index (κ1) is 12.6. The molecule has 1 rings (SSSR count). The Kier molecular flexibility index (Phi) is 4.92. The number of nitrogens with zero attached hydrogens (tertiary/aromatic N) is 1. The minimum Gasteiger partial charge on any atom is -0.481 e. The summed E-state index contributed by atoms with van der Waals surface area (Å²) in [5.74, 6) is -0.795. The van der Waals surface area contributed by atoms with Gasteiger partial charge in [-0.05, 0) is 37.1 Å². The van der Waals surface area contributed by atoms with Crippen LogP contribution >= 0.6 is 0 Å². The largest absolute Gasteiger partial charge is 0.481 e. The van der Waals surface area contributed by atoms with Gasteiger partial charge in [0.15, 0.2) is 0 Å². The van der Waals surface area contributed by atoms with E-state index in [4.69, 9.17) is 5.11 Å². The molecule has 16 heavy (non-hydrogen) atoms. The highest BCUT2D eigenvalue weighted by Gasteiger charge is 2.16. The lowest BCUT2D eigenvalue weighted by atomic mass is 10.0. The van der Waals surface area contributed by atoms with Crippen LogP contribution in [0, 0.1) is 6.92 Å². The van der Waals surface area contributed by atoms with Crippen molar-refractivity contribution in [1.29, 1.82) is 0 Å². The monoisotopic (exact) mass is 222 g/mol. The second-order valence-corrected chi connectivity index (χ2v) is 3.84. The quantitative estimate of drug-likeness (QED) is 0.771. The number of aliphatic carboxylic acids is 1. The van der Waals surface area contributed by atoms with Crippen molar-refractivity contribution in [3.63, 3.8) is 0 Å². The number of carbonyl (C=O) groups is 1. The topological polar surface area (TPSA) is 62.2 Å². The number of carboxylic acids is 1. The molecule has 0 bridgehead atoms. The third kappa shape index (κ3) is 3.62. The van der Waals surface area contributed by atoms with Crippen LogP contribution in [0.2, 0.25) is 0 Å². The second kappa shape index (κ2) is 6.23. The number of hydrogen-bond donors (Lipinski definition) is 2. The van der Waals surface area contributed by atoms with Crippen molar-refractivity contribution in [1.82, 2.24) is 10.3 Å². The van der Waals surface area contributed by atoms with E-state index in [0.29, 0.717) is 0 Å². The lowest BCUT2D eigenvalue weighted by molar-refractivity contribution is -0.137. The van der Waals surface area contributed by atoms with Crippen LogP contribution in [-0.2, 0) is 4.79 Å². The van der Waals surface area contributed by atoms with Gasteiger partial charge in [0, 0.05) is 18.4 Å². The fraction of sp³-hybridized carbons (Fsp3) is 0.500. The second-order valence-electron chi connectivity index (χ2n) is 3.84. The molecule has 1 unspecified atom stereocenters. The minimum absolute atomic E-state index is 0.0898. The van der Waals surface area contributed by atoms with Crippen LogP contribution < -0.4 is 5.32 Å². The highest BCUT2D eigenvalue weighted by Crippen LogP contribution is 2.19. The van der Waals surface area contributed by atoms with Gasteiger partial charge in [0.25, 0.3) is 0 Å². The SMILES string of the molecule is CCCNC(CC(=O)O)c1cnccc1C. The molecule has 1 atom stereocenters. The van der Waals surface area contributed by atoms with Gasteiger partial charge >= 0.3 is 5.97 Å². The van der Waals surface area contributed by atoms with Crippen molar-refractivity contribution < 1.29 is 9.90 Å². The maximum Gasteiger partial charge on any atom is 0.305 e. The predicted octanol–water partition coefficient (Wildman–Crippen LogP) is 1.91. The van der Waals surface area contributed by atoms with Crippen LogP contribution in [0.1, 0.15) is 36.9 Å². The summed E-state index contributed by atoms with van der Waals surface area (Å²) in [7, 11) is 0. The van der Waals surface area contributed by atoms with E-state index in [9.17, 15) is 4.79 Å². The van der Waals surface area contributed by atoms with Gasteiger partial charge in [0.05, 0.1) is 6.42 Å². The van der Waals surface area contributed by atoms with Gasteiger partial charge in [-0.2, -0.15) is 0 Å². The van der Waals surface area contributed by atoms with Gasteiger partial charge in [0.1, 0.15) is 0 Å². The molecule has 0 fully saturated rings. The third-order valence-electron chi connectivity index (χ3n) is 2.47. The van der Waals surface area contributed by atoms with Crippen LogP contribution in [0.15, 0.2) is 18.5 Å². The molecule has 0 saturated heterocycles. The summed E-state index contributed by atoms with van der Waals surface area (Å²) in [6.45, 7) is 4.84. The average molecular weight is 222 g/mol. The van der Waals surface area contributed by atoms with Crippen LogP contribution in [0.25, 0.3) is 0 Å². The summed E-state index contributed by atoms with van der Waals surface area (Å²) in [5.41, 5.74) is 2.04. The molecule has 4 heteroatoms. The van der Waals surface area contributed by atoms with Gasteiger partial charge in [-0.15, -0.1) is 0 Å². The van der Waals surface area contributed by atoms with E-state index in [1.54, 1.807) is 12.4 Å². The fourth-order valence-corrected chi connectivity index (χ4v) is 1.63. The number of pyridine rings is 1. The van der Waals surface area contributed by atoms with E-state index in [0.717, 1.165) is 24.1 Å². The van der Waals surface area contributed by atoms with Gasteiger partial charge < -0.3 is 10.4 Å². The zero-order chi connectivity index (χ0) is 12.0. The number of rotatable bonds is 6. The predicted molar refractivity (Wildman–Crippen MR) is 62.3 cm³/mol. The number of hydrogen-bond acceptors (Lipinski definition) is 3. The summed E-state index contributed by atoms with van der Waals surface area (Å²) in [6.07, 6.45) is 4.53. The zero-order valence-corrected chi connectivity index (χ0v) is 9.73. The molecule has 1 heterocycles. The number of nitrogens with one attached hydrogen (secondary N) is 1. The van der Waals surface area contributed by atoms with E-state index in [2.05, 4.69) is 17.2 Å². The summed E-state index contributed by atoms with van der Waals surface area (Å²) < 4.78 is 0.